The fourth-order valence-corrected chi connectivity index (χ4v) is 5.04. The molecule has 3 aromatic carbocycles. The molecule has 2 atom stereocenters. The lowest BCUT2D eigenvalue weighted by Crippen LogP contribution is -2.20. The van der Waals surface area contributed by atoms with Crippen molar-refractivity contribution in [3.05, 3.63) is 83.2 Å². The fourth-order valence-electron chi connectivity index (χ4n) is 5.04. The second-order valence-electron chi connectivity index (χ2n) is 9.31. The number of carbonyl (C=O) groups excluding carboxylic acids is 1. The van der Waals surface area contributed by atoms with E-state index < -0.39 is 0 Å². The van der Waals surface area contributed by atoms with Crippen LogP contribution in [0.5, 0.6) is 17.2 Å². The van der Waals surface area contributed by atoms with Gasteiger partial charge in [-0.3, -0.25) is 10.0 Å². The minimum absolute atomic E-state index is 0.101. The molecule has 0 saturated heterocycles. The summed E-state index contributed by atoms with van der Waals surface area (Å²) in [6, 6.07) is 20.5. The molecule has 0 spiro atoms. The number of benzene rings is 3. The van der Waals surface area contributed by atoms with Gasteiger partial charge >= 0.3 is 0 Å². The average Bonchev–Trinajstić information content (AvgIpc) is 3.68. The Labute approximate surface area is 215 Å². The van der Waals surface area contributed by atoms with E-state index >= 15 is 0 Å². The maximum atomic E-state index is 11.8. The monoisotopic (exact) mass is 501 g/mol. The summed E-state index contributed by atoms with van der Waals surface area (Å²) in [5.74, 6) is 2.33. The molecule has 0 radical (unpaired) electrons. The highest BCUT2D eigenvalue weighted by Gasteiger charge is 2.44. The van der Waals surface area contributed by atoms with Crippen LogP contribution in [0.25, 0.3) is 11.0 Å². The molecule has 192 valence electrons. The van der Waals surface area contributed by atoms with Gasteiger partial charge in [0.25, 0.3) is 0 Å². The molecule has 1 aromatic heterocycles. The molecule has 1 aliphatic rings. The molecular weight excluding hydrogens is 470 g/mol. The molecular formula is C29H31N3O5. The number of hydrogen-bond acceptors (Lipinski definition) is 6. The highest BCUT2D eigenvalue weighted by molar-refractivity contribution is 5.83. The molecule has 1 heterocycles. The summed E-state index contributed by atoms with van der Waals surface area (Å²) in [4.78, 5) is 16.9. The van der Waals surface area contributed by atoms with E-state index in [9.17, 15) is 4.79 Å². The first-order chi connectivity index (χ1) is 18.1. The van der Waals surface area contributed by atoms with Gasteiger partial charge in [0, 0.05) is 18.9 Å². The number of imidazole rings is 1. The van der Waals surface area contributed by atoms with Crippen LogP contribution in [0.1, 0.15) is 34.9 Å². The number of hydrogen-bond donors (Lipinski definition) is 2. The molecule has 5 rings (SSSR count). The van der Waals surface area contributed by atoms with Crippen molar-refractivity contribution in [2.45, 2.75) is 31.7 Å². The van der Waals surface area contributed by atoms with E-state index in [1.165, 1.54) is 5.56 Å². The summed E-state index contributed by atoms with van der Waals surface area (Å²) in [6.07, 6.45) is 2.37. The third kappa shape index (κ3) is 4.97. The van der Waals surface area contributed by atoms with E-state index in [0.29, 0.717) is 23.8 Å². The standard InChI is InChI=1S/C29H31N3O5/c1-35-25-13-19(14-26(36-2)28(25)37-3)17-32-24-11-10-20(21-16-22(21)29(33)31-34)15-23(24)30-27(32)12-9-18-7-5-4-6-8-18/h4-8,10-11,13-15,21-22,34H,9,12,16-17H2,1-3H3,(H,31,33)/t21?,22-/m1/s1. The van der Waals surface area contributed by atoms with Gasteiger partial charge in [-0.25, -0.2) is 10.5 Å². The van der Waals surface area contributed by atoms with Gasteiger partial charge in [-0.1, -0.05) is 36.4 Å². The van der Waals surface area contributed by atoms with Gasteiger partial charge in [0.2, 0.25) is 11.7 Å². The van der Waals surface area contributed by atoms with E-state index in [1.807, 2.05) is 18.2 Å². The summed E-state index contributed by atoms with van der Waals surface area (Å²) in [5.41, 5.74) is 7.00. The number of hydroxylamine groups is 1. The van der Waals surface area contributed by atoms with Crippen molar-refractivity contribution in [2.24, 2.45) is 5.92 Å². The SMILES string of the molecule is COc1cc(Cn2c(CCc3ccccc3)nc3cc(C4C[C@H]4C(=O)NO)ccc32)cc(OC)c1OC. The van der Waals surface area contributed by atoms with Crippen LogP contribution in [-0.2, 0) is 24.2 Å². The molecule has 4 aromatic rings. The highest BCUT2D eigenvalue weighted by atomic mass is 16.5. The van der Waals surface area contributed by atoms with Gasteiger partial charge in [-0.05, 0) is 59.7 Å². The predicted octanol–water partition coefficient (Wildman–Crippen LogP) is 4.50. The van der Waals surface area contributed by atoms with Crippen molar-refractivity contribution in [2.75, 3.05) is 21.3 Å². The second kappa shape index (κ2) is 10.5. The Morgan fingerprint density at radius 1 is 0.973 bits per heavy atom. The number of amides is 1. The van der Waals surface area contributed by atoms with Gasteiger partial charge in [-0.2, -0.15) is 0 Å². The normalized spacial score (nSPS) is 16.4. The summed E-state index contributed by atoms with van der Waals surface area (Å²) >= 11 is 0. The lowest BCUT2D eigenvalue weighted by Gasteiger charge is -2.16. The number of fused-ring (bicyclic) bond motifs is 1. The Hall–Kier alpha value is -4.04. The number of ether oxygens (including phenoxy) is 3. The van der Waals surface area contributed by atoms with E-state index in [1.54, 1.807) is 26.8 Å². The lowest BCUT2D eigenvalue weighted by atomic mass is 10.1. The van der Waals surface area contributed by atoms with E-state index in [4.69, 9.17) is 24.4 Å². The van der Waals surface area contributed by atoms with Crippen LogP contribution in [0.3, 0.4) is 0 Å². The summed E-state index contributed by atoms with van der Waals surface area (Å²) in [6.45, 7) is 0.579. The number of rotatable bonds is 10. The molecule has 2 N–H and O–H groups in total. The molecule has 1 unspecified atom stereocenters. The minimum atomic E-state index is -0.332. The zero-order valence-corrected chi connectivity index (χ0v) is 21.2. The van der Waals surface area contributed by atoms with Crippen LogP contribution in [0.2, 0.25) is 0 Å². The number of aryl methyl sites for hydroxylation is 2. The Morgan fingerprint density at radius 2 is 1.70 bits per heavy atom. The van der Waals surface area contributed by atoms with Crippen LogP contribution >= 0.6 is 0 Å². The van der Waals surface area contributed by atoms with Crippen LogP contribution < -0.4 is 19.7 Å². The summed E-state index contributed by atoms with van der Waals surface area (Å²) < 4.78 is 18.9. The third-order valence-corrected chi connectivity index (χ3v) is 7.06. The molecule has 8 nitrogen and oxygen atoms in total. The van der Waals surface area contributed by atoms with Crippen molar-refractivity contribution >= 4 is 16.9 Å². The van der Waals surface area contributed by atoms with Crippen molar-refractivity contribution in [1.82, 2.24) is 15.0 Å². The molecule has 1 aliphatic carbocycles. The zero-order valence-electron chi connectivity index (χ0n) is 21.2. The topological polar surface area (TPSA) is 94.8 Å². The van der Waals surface area contributed by atoms with Crippen LogP contribution in [0, 0.1) is 5.92 Å². The van der Waals surface area contributed by atoms with Crippen molar-refractivity contribution < 1.29 is 24.2 Å². The predicted molar refractivity (Wildman–Crippen MR) is 140 cm³/mol. The van der Waals surface area contributed by atoms with E-state index in [-0.39, 0.29) is 17.7 Å². The molecule has 0 aliphatic heterocycles. The summed E-state index contributed by atoms with van der Waals surface area (Å²) in [5, 5.41) is 8.98. The molecule has 1 fully saturated rings. The number of nitrogens with one attached hydrogen (secondary N) is 1. The maximum absolute atomic E-state index is 11.8. The number of carbonyl (C=O) groups is 1. The van der Waals surface area contributed by atoms with Crippen molar-refractivity contribution in [3.8, 4) is 17.2 Å². The molecule has 1 amide bonds. The molecule has 1 saturated carbocycles. The Morgan fingerprint density at radius 3 is 2.35 bits per heavy atom. The zero-order chi connectivity index (χ0) is 25.9. The molecule has 0 bridgehead atoms. The van der Waals surface area contributed by atoms with Gasteiger partial charge in [0.1, 0.15) is 5.82 Å². The van der Waals surface area contributed by atoms with Crippen LogP contribution in [0.4, 0.5) is 0 Å². The molecule has 8 heteroatoms. The first kappa shape index (κ1) is 24.6. The second-order valence-corrected chi connectivity index (χ2v) is 9.31. The van der Waals surface area contributed by atoms with Crippen LogP contribution in [0.15, 0.2) is 60.7 Å². The fraction of sp³-hybridized carbons (Fsp3) is 0.310. The minimum Gasteiger partial charge on any atom is -0.493 e. The first-order valence-corrected chi connectivity index (χ1v) is 12.3. The summed E-state index contributed by atoms with van der Waals surface area (Å²) in [7, 11) is 4.82. The Bertz CT molecular complexity index is 1390. The average molecular weight is 502 g/mol. The van der Waals surface area contributed by atoms with Gasteiger partial charge in [0.15, 0.2) is 11.5 Å². The van der Waals surface area contributed by atoms with E-state index in [0.717, 1.165) is 47.2 Å². The Balaban J connectivity index is 1.52. The van der Waals surface area contributed by atoms with Gasteiger partial charge in [-0.15, -0.1) is 0 Å². The Kier molecular flexibility index (Phi) is 7.01. The smallest absolute Gasteiger partial charge is 0.247 e. The molecule has 37 heavy (non-hydrogen) atoms. The number of methoxy groups -OCH3 is 3. The highest BCUT2D eigenvalue weighted by Crippen LogP contribution is 2.48. The third-order valence-electron chi connectivity index (χ3n) is 7.06. The van der Waals surface area contributed by atoms with Gasteiger partial charge < -0.3 is 18.8 Å². The first-order valence-electron chi connectivity index (χ1n) is 12.3. The van der Waals surface area contributed by atoms with Gasteiger partial charge in [0.05, 0.1) is 32.4 Å². The quantitative estimate of drug-likeness (QED) is 0.245. The largest absolute Gasteiger partial charge is 0.493 e. The maximum Gasteiger partial charge on any atom is 0.247 e. The van der Waals surface area contributed by atoms with Crippen LogP contribution in [-0.4, -0.2) is 42.0 Å². The number of aromatic nitrogens is 2. The van der Waals surface area contributed by atoms with E-state index in [2.05, 4.69) is 47.0 Å². The van der Waals surface area contributed by atoms with Crippen molar-refractivity contribution in [1.29, 1.82) is 0 Å². The van der Waals surface area contributed by atoms with Crippen molar-refractivity contribution in [3.63, 3.8) is 0 Å². The number of nitrogens with zero attached hydrogens (tertiary/aromatic N) is 2. The lowest BCUT2D eigenvalue weighted by molar-refractivity contribution is -0.130.